The number of phenols is 1. The lowest BCUT2D eigenvalue weighted by molar-refractivity contribution is 0.347. The maximum Gasteiger partial charge on any atom is 0.134 e. The number of phenolic OH excluding ortho intramolecular Hbond substituents is 1. The van der Waals surface area contributed by atoms with Gasteiger partial charge in [-0.3, -0.25) is 0 Å². The van der Waals surface area contributed by atoms with Gasteiger partial charge in [0.1, 0.15) is 10.7 Å². The summed E-state index contributed by atoms with van der Waals surface area (Å²) >= 11 is 11.3. The predicted molar refractivity (Wildman–Crippen MR) is 70.2 cm³/mol. The molecule has 1 aromatic carbocycles. The maximum absolute atomic E-state index is 9.35. The summed E-state index contributed by atoms with van der Waals surface area (Å²) < 4.78 is 0. The fourth-order valence-electron chi connectivity index (χ4n) is 1.92. The molecular weight excluding hydrogens is 242 g/mol. The summed E-state index contributed by atoms with van der Waals surface area (Å²) in [6, 6.07) is 5.14. The topological polar surface area (TPSA) is 23.5 Å². The van der Waals surface area contributed by atoms with Crippen LogP contribution in [0.1, 0.15) is 24.8 Å². The van der Waals surface area contributed by atoms with Crippen molar-refractivity contribution in [1.29, 1.82) is 0 Å². The molecule has 0 unspecified atom stereocenters. The van der Waals surface area contributed by atoms with Gasteiger partial charge in [-0.15, -0.1) is 0 Å². The van der Waals surface area contributed by atoms with Crippen molar-refractivity contribution in [1.82, 2.24) is 4.90 Å². The molecule has 2 rings (SSSR count). The summed E-state index contributed by atoms with van der Waals surface area (Å²) in [7, 11) is 0. The highest BCUT2D eigenvalue weighted by molar-refractivity contribution is 7.80. The Labute approximate surface area is 106 Å². The maximum atomic E-state index is 9.35. The molecule has 16 heavy (non-hydrogen) atoms. The average molecular weight is 256 g/mol. The van der Waals surface area contributed by atoms with E-state index in [1.807, 2.05) is 6.07 Å². The van der Waals surface area contributed by atoms with Crippen LogP contribution in [0.4, 0.5) is 0 Å². The van der Waals surface area contributed by atoms with E-state index >= 15 is 0 Å². The number of hydrogen-bond acceptors (Lipinski definition) is 2. The largest absolute Gasteiger partial charge is 0.506 e. The van der Waals surface area contributed by atoms with Crippen LogP contribution in [0.3, 0.4) is 0 Å². The van der Waals surface area contributed by atoms with Crippen molar-refractivity contribution in [2.45, 2.75) is 19.3 Å². The van der Waals surface area contributed by atoms with Crippen molar-refractivity contribution in [3.05, 3.63) is 28.8 Å². The van der Waals surface area contributed by atoms with E-state index in [1.54, 1.807) is 12.1 Å². The normalized spacial score (nSPS) is 16.2. The van der Waals surface area contributed by atoms with Crippen LogP contribution < -0.4 is 0 Å². The molecule has 1 saturated heterocycles. The van der Waals surface area contributed by atoms with Crippen molar-refractivity contribution >= 4 is 28.8 Å². The van der Waals surface area contributed by atoms with Crippen LogP contribution in [0, 0.1) is 0 Å². The minimum Gasteiger partial charge on any atom is -0.506 e. The first-order valence-electron chi connectivity index (χ1n) is 5.46. The van der Waals surface area contributed by atoms with Crippen LogP contribution in [0.5, 0.6) is 5.75 Å². The molecule has 0 spiro atoms. The van der Waals surface area contributed by atoms with Crippen molar-refractivity contribution < 1.29 is 5.11 Å². The monoisotopic (exact) mass is 255 g/mol. The van der Waals surface area contributed by atoms with Gasteiger partial charge in [-0.2, -0.15) is 0 Å². The minimum absolute atomic E-state index is 0.104. The SMILES string of the molecule is Oc1ccc(C(=S)N2CCCCC2)cc1Cl. The third-order valence-corrected chi connectivity index (χ3v) is 3.63. The van der Waals surface area contributed by atoms with Crippen molar-refractivity contribution in [3.8, 4) is 5.75 Å². The number of rotatable bonds is 1. The highest BCUT2D eigenvalue weighted by atomic mass is 35.5. The molecule has 86 valence electrons. The van der Waals surface area contributed by atoms with E-state index in [0.717, 1.165) is 23.6 Å². The molecule has 0 amide bonds. The molecule has 0 bridgehead atoms. The van der Waals surface area contributed by atoms with Crippen LogP contribution in [0.25, 0.3) is 0 Å². The lowest BCUT2D eigenvalue weighted by atomic mass is 10.1. The molecule has 0 radical (unpaired) electrons. The van der Waals surface area contributed by atoms with E-state index in [2.05, 4.69) is 4.90 Å². The van der Waals surface area contributed by atoms with Gasteiger partial charge < -0.3 is 10.0 Å². The van der Waals surface area contributed by atoms with Gasteiger partial charge in [0.15, 0.2) is 0 Å². The van der Waals surface area contributed by atoms with Gasteiger partial charge in [-0.05, 0) is 37.5 Å². The molecule has 1 heterocycles. The summed E-state index contributed by atoms with van der Waals surface area (Å²) in [5.41, 5.74) is 0.916. The molecule has 1 aliphatic rings. The fraction of sp³-hybridized carbons (Fsp3) is 0.417. The Bertz CT molecular complexity index is 402. The Kier molecular flexibility index (Phi) is 3.66. The molecule has 0 saturated carbocycles. The quantitative estimate of drug-likeness (QED) is 0.780. The number of nitrogens with zero attached hydrogens (tertiary/aromatic N) is 1. The Morgan fingerprint density at radius 3 is 2.56 bits per heavy atom. The van der Waals surface area contributed by atoms with Gasteiger partial charge in [0.25, 0.3) is 0 Å². The second-order valence-electron chi connectivity index (χ2n) is 4.02. The van der Waals surface area contributed by atoms with Gasteiger partial charge in [0, 0.05) is 18.7 Å². The van der Waals surface area contributed by atoms with E-state index in [4.69, 9.17) is 23.8 Å². The Morgan fingerprint density at radius 1 is 1.25 bits per heavy atom. The molecule has 0 aromatic heterocycles. The Balaban J connectivity index is 2.16. The van der Waals surface area contributed by atoms with Crippen molar-refractivity contribution in [3.63, 3.8) is 0 Å². The molecule has 2 nitrogen and oxygen atoms in total. The average Bonchev–Trinajstić information content (AvgIpc) is 2.33. The van der Waals surface area contributed by atoms with Crippen LogP contribution in [-0.4, -0.2) is 28.1 Å². The van der Waals surface area contributed by atoms with E-state index in [9.17, 15) is 5.11 Å². The zero-order valence-corrected chi connectivity index (χ0v) is 10.5. The zero-order valence-electron chi connectivity index (χ0n) is 8.95. The number of halogens is 1. The summed E-state index contributed by atoms with van der Waals surface area (Å²) in [5.74, 6) is 0.104. The Hall–Kier alpha value is -0.800. The molecule has 1 aliphatic heterocycles. The number of hydrogen-bond donors (Lipinski definition) is 1. The van der Waals surface area contributed by atoms with Crippen LogP contribution >= 0.6 is 23.8 Å². The zero-order chi connectivity index (χ0) is 11.5. The smallest absolute Gasteiger partial charge is 0.134 e. The van der Waals surface area contributed by atoms with Gasteiger partial charge in [-0.25, -0.2) is 0 Å². The lowest BCUT2D eigenvalue weighted by Crippen LogP contribution is -2.34. The highest BCUT2D eigenvalue weighted by Gasteiger charge is 2.15. The molecular formula is C12H14ClNOS. The summed E-state index contributed by atoms with van der Waals surface area (Å²) in [5, 5.41) is 9.71. The second kappa shape index (κ2) is 5.02. The first-order chi connectivity index (χ1) is 7.68. The van der Waals surface area contributed by atoms with E-state index < -0.39 is 0 Å². The number of likely N-dealkylation sites (tertiary alicyclic amines) is 1. The predicted octanol–water partition coefficient (Wildman–Crippen LogP) is 3.21. The molecule has 0 aliphatic carbocycles. The molecule has 1 N–H and O–H groups in total. The van der Waals surface area contributed by atoms with Crippen molar-refractivity contribution in [2.24, 2.45) is 0 Å². The summed E-state index contributed by atoms with van der Waals surface area (Å²) in [4.78, 5) is 3.04. The van der Waals surface area contributed by atoms with E-state index in [0.29, 0.717) is 5.02 Å². The summed E-state index contributed by atoms with van der Waals surface area (Å²) in [6.07, 6.45) is 3.69. The fourth-order valence-corrected chi connectivity index (χ4v) is 2.41. The van der Waals surface area contributed by atoms with Gasteiger partial charge >= 0.3 is 0 Å². The molecule has 1 fully saturated rings. The van der Waals surface area contributed by atoms with Gasteiger partial charge in [0.05, 0.1) is 5.02 Å². The third-order valence-electron chi connectivity index (χ3n) is 2.84. The lowest BCUT2D eigenvalue weighted by Gasteiger charge is -2.29. The standard InChI is InChI=1S/C12H14ClNOS/c13-10-8-9(4-5-11(10)15)12(16)14-6-2-1-3-7-14/h4-5,8,15H,1-3,6-7H2. The number of piperidine rings is 1. The number of aromatic hydroxyl groups is 1. The summed E-state index contributed by atoms with van der Waals surface area (Å²) in [6.45, 7) is 2.05. The molecule has 1 aromatic rings. The first kappa shape index (κ1) is 11.7. The molecule has 0 atom stereocenters. The third kappa shape index (κ3) is 2.47. The van der Waals surface area contributed by atoms with Crippen molar-refractivity contribution in [2.75, 3.05) is 13.1 Å². The minimum atomic E-state index is 0.104. The number of thiocarbonyl (C=S) groups is 1. The molecule has 4 heteroatoms. The van der Waals surface area contributed by atoms with Crippen LogP contribution in [0.15, 0.2) is 18.2 Å². The van der Waals surface area contributed by atoms with Crippen LogP contribution in [0.2, 0.25) is 5.02 Å². The number of benzene rings is 1. The van der Waals surface area contributed by atoms with Gasteiger partial charge in [0.2, 0.25) is 0 Å². The second-order valence-corrected chi connectivity index (χ2v) is 4.81. The van der Waals surface area contributed by atoms with Crippen LogP contribution in [-0.2, 0) is 0 Å². The first-order valence-corrected chi connectivity index (χ1v) is 6.25. The Morgan fingerprint density at radius 2 is 1.94 bits per heavy atom. The highest BCUT2D eigenvalue weighted by Crippen LogP contribution is 2.25. The van der Waals surface area contributed by atoms with Gasteiger partial charge in [-0.1, -0.05) is 23.8 Å². The van der Waals surface area contributed by atoms with E-state index in [-0.39, 0.29) is 5.75 Å². The van der Waals surface area contributed by atoms with E-state index in [1.165, 1.54) is 19.3 Å².